The van der Waals surface area contributed by atoms with E-state index >= 15 is 0 Å². The highest BCUT2D eigenvalue weighted by molar-refractivity contribution is 5.76. The van der Waals surface area contributed by atoms with E-state index in [0.717, 1.165) is 0 Å². The first-order valence-electron chi connectivity index (χ1n) is 8.52. The average molecular weight is 307 g/mol. The fraction of sp³-hybridized carbons (Fsp3) is 0.381. The number of imidazole rings is 1. The Hall–Kier alpha value is -2.09. The number of nitrogens with zero attached hydrogens (tertiary/aromatic N) is 2. The van der Waals surface area contributed by atoms with Crippen molar-refractivity contribution < 1.29 is 4.57 Å². The molecule has 0 N–H and O–H groups in total. The monoisotopic (exact) mass is 307 g/mol. The van der Waals surface area contributed by atoms with Crippen LogP contribution in [0.25, 0.3) is 16.7 Å². The molecule has 1 aromatic heterocycles. The highest BCUT2D eigenvalue weighted by Gasteiger charge is 2.26. The quantitative estimate of drug-likeness (QED) is 0.601. The molecule has 0 amide bonds. The minimum absolute atomic E-state index is 0.495. The van der Waals surface area contributed by atoms with Crippen LogP contribution >= 0.6 is 0 Å². The van der Waals surface area contributed by atoms with Crippen LogP contribution in [0.1, 0.15) is 56.5 Å². The Morgan fingerprint density at radius 2 is 1.39 bits per heavy atom. The summed E-state index contributed by atoms with van der Waals surface area (Å²) in [5, 5.41) is 0. The van der Waals surface area contributed by atoms with E-state index in [2.05, 4.69) is 93.3 Å². The average Bonchev–Trinajstić information content (AvgIpc) is 2.78. The number of aryl methyl sites for hydroxylation is 1. The molecule has 0 aliphatic rings. The summed E-state index contributed by atoms with van der Waals surface area (Å²) >= 11 is 0. The number of aromatic nitrogens is 2. The molecular formula is C21H27N2+. The minimum atomic E-state index is 0.495. The lowest BCUT2D eigenvalue weighted by Crippen LogP contribution is -2.31. The normalized spacial score (nSPS) is 11.8. The summed E-state index contributed by atoms with van der Waals surface area (Å²) in [7, 11) is 2.15. The van der Waals surface area contributed by atoms with Crippen LogP contribution in [0.4, 0.5) is 0 Å². The molecule has 0 atom stereocenters. The zero-order chi connectivity index (χ0) is 16.7. The second kappa shape index (κ2) is 5.84. The van der Waals surface area contributed by atoms with Gasteiger partial charge in [0.2, 0.25) is 0 Å². The van der Waals surface area contributed by atoms with Gasteiger partial charge >= 0.3 is 0 Å². The van der Waals surface area contributed by atoms with Crippen LogP contribution in [0.2, 0.25) is 0 Å². The van der Waals surface area contributed by atoms with Crippen molar-refractivity contribution in [1.82, 2.24) is 4.57 Å². The van der Waals surface area contributed by atoms with Crippen LogP contribution in [-0.4, -0.2) is 4.57 Å². The smallest absolute Gasteiger partial charge is 0.230 e. The molecule has 0 bridgehead atoms. The summed E-state index contributed by atoms with van der Waals surface area (Å²) in [6.45, 7) is 11.3. The first-order chi connectivity index (χ1) is 10.9. The lowest BCUT2D eigenvalue weighted by atomic mass is 9.92. The van der Waals surface area contributed by atoms with E-state index in [1.54, 1.807) is 0 Å². The summed E-state index contributed by atoms with van der Waals surface area (Å²) in [5.74, 6) is 2.25. The Bertz CT molecular complexity index is 827. The van der Waals surface area contributed by atoms with E-state index in [4.69, 9.17) is 0 Å². The second-order valence-electron chi connectivity index (χ2n) is 7.02. The first-order valence-corrected chi connectivity index (χ1v) is 8.52. The van der Waals surface area contributed by atoms with Gasteiger partial charge in [0.05, 0.1) is 7.05 Å². The number of rotatable bonds is 3. The second-order valence-corrected chi connectivity index (χ2v) is 7.02. The van der Waals surface area contributed by atoms with E-state index < -0.39 is 0 Å². The lowest BCUT2D eigenvalue weighted by Gasteiger charge is -2.17. The topological polar surface area (TPSA) is 8.81 Å². The van der Waals surface area contributed by atoms with Gasteiger partial charge < -0.3 is 0 Å². The number of fused-ring (bicyclic) bond motifs is 1. The number of benzene rings is 2. The largest absolute Gasteiger partial charge is 0.259 e. The molecule has 0 unspecified atom stereocenters. The van der Waals surface area contributed by atoms with Crippen molar-refractivity contribution in [2.75, 3.05) is 0 Å². The predicted molar refractivity (Wildman–Crippen MR) is 97.4 cm³/mol. The molecule has 2 aromatic carbocycles. The molecule has 3 aromatic rings. The Labute approximate surface area is 139 Å². The van der Waals surface area contributed by atoms with Gasteiger partial charge in [0.25, 0.3) is 5.82 Å². The van der Waals surface area contributed by atoms with Crippen molar-refractivity contribution in [1.29, 1.82) is 0 Å². The van der Waals surface area contributed by atoms with E-state index in [1.165, 1.54) is 33.7 Å². The van der Waals surface area contributed by atoms with E-state index in [1.807, 2.05) is 0 Å². The van der Waals surface area contributed by atoms with Crippen molar-refractivity contribution in [2.24, 2.45) is 7.05 Å². The van der Waals surface area contributed by atoms with Crippen LogP contribution in [-0.2, 0) is 7.05 Å². The molecule has 2 heteroatoms. The van der Waals surface area contributed by atoms with Gasteiger partial charge in [-0.25, -0.2) is 4.57 Å². The van der Waals surface area contributed by atoms with Gasteiger partial charge in [-0.15, -0.1) is 0 Å². The molecular weight excluding hydrogens is 280 g/mol. The van der Waals surface area contributed by atoms with Crippen LogP contribution in [0.5, 0.6) is 0 Å². The SMILES string of the molecule is Cc1n(-c2c(C(C)C)cccc2C(C)C)c2ccccc2[n+]1C. The van der Waals surface area contributed by atoms with Crippen molar-refractivity contribution in [2.45, 2.75) is 46.5 Å². The van der Waals surface area contributed by atoms with Gasteiger partial charge in [0.1, 0.15) is 5.69 Å². The summed E-state index contributed by atoms with van der Waals surface area (Å²) in [5.41, 5.74) is 6.76. The molecule has 0 saturated carbocycles. The lowest BCUT2D eigenvalue weighted by molar-refractivity contribution is -0.652. The van der Waals surface area contributed by atoms with Gasteiger partial charge in [-0.05, 0) is 24.0 Å². The predicted octanol–water partition coefficient (Wildman–Crippen LogP) is 5.01. The van der Waals surface area contributed by atoms with E-state index in [-0.39, 0.29) is 0 Å². The van der Waals surface area contributed by atoms with Crippen LogP contribution < -0.4 is 4.57 Å². The molecule has 0 radical (unpaired) electrons. The maximum Gasteiger partial charge on any atom is 0.259 e. The number of para-hydroxylation sites is 3. The highest BCUT2D eigenvalue weighted by Crippen LogP contribution is 2.33. The Morgan fingerprint density at radius 1 is 0.826 bits per heavy atom. The third-order valence-corrected chi connectivity index (χ3v) is 4.86. The van der Waals surface area contributed by atoms with Crippen molar-refractivity contribution in [3.05, 3.63) is 59.4 Å². The molecule has 0 saturated heterocycles. The molecule has 0 fully saturated rings. The zero-order valence-electron chi connectivity index (χ0n) is 15.1. The van der Waals surface area contributed by atoms with Gasteiger partial charge in [-0.1, -0.05) is 58.0 Å². The molecule has 120 valence electrons. The number of hydrogen-bond donors (Lipinski definition) is 0. The van der Waals surface area contributed by atoms with Crippen LogP contribution in [0.3, 0.4) is 0 Å². The number of hydrogen-bond acceptors (Lipinski definition) is 0. The summed E-state index contributed by atoms with van der Waals surface area (Å²) in [4.78, 5) is 0. The standard InChI is InChI=1S/C21H27N2/c1-14(2)17-10-9-11-18(15(3)4)21(17)23-16(5)22(6)19-12-7-8-13-20(19)23/h7-15H,1-6H3/q+1. The van der Waals surface area contributed by atoms with Gasteiger partial charge in [0.15, 0.2) is 11.0 Å². The van der Waals surface area contributed by atoms with Gasteiger partial charge in [-0.3, -0.25) is 0 Å². The summed E-state index contributed by atoms with van der Waals surface area (Å²) in [6.07, 6.45) is 0. The molecule has 0 spiro atoms. The van der Waals surface area contributed by atoms with Crippen molar-refractivity contribution in [3.8, 4) is 5.69 Å². The third kappa shape index (κ3) is 2.46. The van der Waals surface area contributed by atoms with Crippen LogP contribution in [0, 0.1) is 6.92 Å². The summed E-state index contributed by atoms with van der Waals surface area (Å²) < 4.78 is 4.73. The summed E-state index contributed by atoms with van der Waals surface area (Å²) in [6, 6.07) is 15.4. The molecule has 2 nitrogen and oxygen atoms in total. The first kappa shape index (κ1) is 15.8. The Morgan fingerprint density at radius 3 is 1.96 bits per heavy atom. The highest BCUT2D eigenvalue weighted by atomic mass is 15.2. The van der Waals surface area contributed by atoms with Gasteiger partial charge in [-0.2, -0.15) is 4.57 Å². The minimum Gasteiger partial charge on any atom is -0.230 e. The van der Waals surface area contributed by atoms with Crippen LogP contribution in [0.15, 0.2) is 42.5 Å². The Kier molecular flexibility index (Phi) is 4.01. The molecule has 23 heavy (non-hydrogen) atoms. The molecule has 3 rings (SSSR count). The maximum absolute atomic E-state index is 2.44. The van der Waals surface area contributed by atoms with E-state index in [0.29, 0.717) is 11.8 Å². The molecule has 1 heterocycles. The molecule has 0 aliphatic carbocycles. The van der Waals surface area contributed by atoms with E-state index in [9.17, 15) is 0 Å². The van der Waals surface area contributed by atoms with Crippen molar-refractivity contribution >= 4 is 11.0 Å². The maximum atomic E-state index is 2.44. The Balaban J connectivity index is 2.46. The fourth-order valence-electron chi connectivity index (χ4n) is 3.49. The van der Waals surface area contributed by atoms with Crippen molar-refractivity contribution in [3.63, 3.8) is 0 Å². The zero-order valence-corrected chi connectivity index (χ0v) is 15.1. The fourth-order valence-corrected chi connectivity index (χ4v) is 3.49. The van der Waals surface area contributed by atoms with Gasteiger partial charge in [0, 0.05) is 18.1 Å². The third-order valence-electron chi connectivity index (χ3n) is 4.86. The molecule has 0 aliphatic heterocycles.